The van der Waals surface area contributed by atoms with Crippen LogP contribution in [-0.4, -0.2) is 16.0 Å². The molecule has 1 N–H and O–H groups in total. The number of ether oxygens (including phenoxy) is 1. The number of aryl methyl sites for hydroxylation is 1. The van der Waals surface area contributed by atoms with Crippen LogP contribution in [0.3, 0.4) is 0 Å². The molecule has 0 amide bonds. The zero-order chi connectivity index (χ0) is 15.6. The van der Waals surface area contributed by atoms with Crippen LogP contribution in [-0.2, 0) is 0 Å². The Labute approximate surface area is 128 Å². The van der Waals surface area contributed by atoms with Crippen LogP contribution in [0.4, 0.5) is 5.69 Å². The second-order valence-electron chi connectivity index (χ2n) is 4.26. The maximum atomic E-state index is 11.0. The second-order valence-corrected chi connectivity index (χ2v) is 5.11. The van der Waals surface area contributed by atoms with Crippen LogP contribution in [0.25, 0.3) is 0 Å². The summed E-state index contributed by atoms with van der Waals surface area (Å²) in [6.07, 6.45) is 0. The number of nitro benzene ring substituents is 1. The predicted octanol–water partition coefficient (Wildman–Crippen LogP) is 4.16. The lowest BCUT2D eigenvalue weighted by Crippen LogP contribution is -1.98. The minimum absolute atomic E-state index is 0.0646. The highest BCUT2D eigenvalue weighted by Crippen LogP contribution is 2.34. The highest BCUT2D eigenvalue weighted by Gasteiger charge is 2.13. The van der Waals surface area contributed by atoms with Gasteiger partial charge >= 0.3 is 5.97 Å². The Bertz CT molecular complexity index is 729. The van der Waals surface area contributed by atoms with Crippen LogP contribution < -0.4 is 4.74 Å². The molecule has 0 heterocycles. The maximum absolute atomic E-state index is 11.0. The Balaban J connectivity index is 2.36. The third kappa shape index (κ3) is 3.38. The largest absolute Gasteiger partial charge is 0.478 e. The van der Waals surface area contributed by atoms with Gasteiger partial charge < -0.3 is 9.84 Å². The van der Waals surface area contributed by atoms with E-state index in [1.165, 1.54) is 30.3 Å². The number of rotatable bonds is 4. The predicted molar refractivity (Wildman–Crippen MR) is 79.0 cm³/mol. The monoisotopic (exact) mass is 351 g/mol. The van der Waals surface area contributed by atoms with E-state index in [1.807, 2.05) is 0 Å². The summed E-state index contributed by atoms with van der Waals surface area (Å²) in [5, 5.41) is 19.7. The summed E-state index contributed by atoms with van der Waals surface area (Å²) in [4.78, 5) is 21.1. The Kier molecular flexibility index (Phi) is 4.23. The molecule has 0 aliphatic heterocycles. The van der Waals surface area contributed by atoms with Crippen molar-refractivity contribution in [3.63, 3.8) is 0 Å². The smallest absolute Gasteiger partial charge is 0.335 e. The van der Waals surface area contributed by atoms with Gasteiger partial charge in [0.25, 0.3) is 5.69 Å². The van der Waals surface area contributed by atoms with Crippen molar-refractivity contribution in [2.75, 3.05) is 0 Å². The molecule has 108 valence electrons. The summed E-state index contributed by atoms with van der Waals surface area (Å²) >= 11 is 3.20. The van der Waals surface area contributed by atoms with E-state index in [1.54, 1.807) is 13.0 Å². The van der Waals surface area contributed by atoms with E-state index in [9.17, 15) is 14.9 Å². The summed E-state index contributed by atoms with van der Waals surface area (Å²) in [5.74, 6) is -0.307. The number of carboxylic acids is 1. The lowest BCUT2D eigenvalue weighted by molar-refractivity contribution is -0.384. The molecule has 0 radical (unpaired) electrons. The molecular weight excluding hydrogens is 342 g/mol. The number of carboxylic acid groups (broad SMARTS) is 1. The van der Waals surface area contributed by atoms with E-state index in [4.69, 9.17) is 9.84 Å². The van der Waals surface area contributed by atoms with Gasteiger partial charge in [-0.05, 0) is 46.6 Å². The van der Waals surface area contributed by atoms with E-state index in [0.717, 1.165) is 5.56 Å². The molecule has 0 unspecified atom stereocenters. The Hall–Kier alpha value is -2.41. The molecule has 21 heavy (non-hydrogen) atoms. The lowest BCUT2D eigenvalue weighted by atomic mass is 10.1. The first-order chi connectivity index (χ1) is 9.88. The number of carbonyl (C=O) groups is 1. The third-order valence-electron chi connectivity index (χ3n) is 2.78. The number of hydrogen-bond acceptors (Lipinski definition) is 4. The van der Waals surface area contributed by atoms with Crippen LogP contribution in [0.1, 0.15) is 15.9 Å². The summed E-state index contributed by atoms with van der Waals surface area (Å²) in [6, 6.07) is 8.62. The molecule has 0 spiro atoms. The van der Waals surface area contributed by atoms with Crippen LogP contribution >= 0.6 is 15.9 Å². The summed E-state index contributed by atoms with van der Waals surface area (Å²) < 4.78 is 6.05. The number of nitrogens with zero attached hydrogens (tertiary/aromatic N) is 1. The Morgan fingerprint density at radius 2 is 1.95 bits per heavy atom. The first-order valence-electron chi connectivity index (χ1n) is 5.84. The first kappa shape index (κ1) is 15.0. The average Bonchev–Trinajstić information content (AvgIpc) is 2.42. The van der Waals surface area contributed by atoms with Gasteiger partial charge in [-0.15, -0.1) is 0 Å². The minimum atomic E-state index is -1.05. The topological polar surface area (TPSA) is 89.7 Å². The maximum Gasteiger partial charge on any atom is 0.335 e. The fraction of sp³-hybridized carbons (Fsp3) is 0.0714. The van der Waals surface area contributed by atoms with Crippen molar-refractivity contribution in [1.29, 1.82) is 0 Å². The molecule has 0 aliphatic carbocycles. The number of hydrogen-bond donors (Lipinski definition) is 1. The summed E-state index contributed by atoms with van der Waals surface area (Å²) in [5.41, 5.74) is 0.795. The van der Waals surface area contributed by atoms with Crippen molar-refractivity contribution in [1.82, 2.24) is 0 Å². The zero-order valence-corrected chi connectivity index (χ0v) is 12.5. The van der Waals surface area contributed by atoms with Gasteiger partial charge in [-0.25, -0.2) is 4.79 Å². The van der Waals surface area contributed by atoms with Crippen molar-refractivity contribution in [2.24, 2.45) is 0 Å². The van der Waals surface area contributed by atoms with E-state index >= 15 is 0 Å². The Morgan fingerprint density at radius 3 is 2.52 bits per heavy atom. The molecule has 0 saturated carbocycles. The molecule has 0 fully saturated rings. The molecule has 0 bridgehead atoms. The van der Waals surface area contributed by atoms with Gasteiger partial charge in [0, 0.05) is 12.1 Å². The standard InChI is InChI=1S/C14H10BrNO5/c1-8-2-3-9(14(17)18)6-13(8)21-12-5-4-10(16(19)20)7-11(12)15/h2-7H,1H3,(H,17,18). The van der Waals surface area contributed by atoms with Crippen molar-refractivity contribution < 1.29 is 19.6 Å². The third-order valence-corrected chi connectivity index (χ3v) is 3.40. The van der Waals surface area contributed by atoms with Gasteiger partial charge in [-0.3, -0.25) is 10.1 Å². The second kappa shape index (κ2) is 5.92. The molecular formula is C14H10BrNO5. The molecule has 0 aromatic heterocycles. The van der Waals surface area contributed by atoms with Crippen molar-refractivity contribution in [3.8, 4) is 11.5 Å². The van der Waals surface area contributed by atoms with E-state index in [2.05, 4.69) is 15.9 Å². The van der Waals surface area contributed by atoms with Crippen molar-refractivity contribution in [3.05, 3.63) is 62.1 Å². The zero-order valence-electron chi connectivity index (χ0n) is 10.9. The lowest BCUT2D eigenvalue weighted by Gasteiger charge is -2.11. The van der Waals surface area contributed by atoms with Crippen LogP contribution in [0.2, 0.25) is 0 Å². The molecule has 2 rings (SSSR count). The minimum Gasteiger partial charge on any atom is -0.478 e. The van der Waals surface area contributed by atoms with Gasteiger partial charge in [0.05, 0.1) is 15.0 Å². The number of non-ortho nitro benzene ring substituents is 1. The highest BCUT2D eigenvalue weighted by molar-refractivity contribution is 9.10. The summed E-state index contributed by atoms with van der Waals surface area (Å²) in [6.45, 7) is 1.78. The molecule has 0 saturated heterocycles. The number of aromatic carboxylic acids is 1. The molecule has 2 aromatic rings. The number of nitro groups is 1. The van der Waals surface area contributed by atoms with E-state index in [0.29, 0.717) is 16.0 Å². The normalized spacial score (nSPS) is 10.2. The number of benzene rings is 2. The van der Waals surface area contributed by atoms with Gasteiger partial charge in [0.15, 0.2) is 0 Å². The average molecular weight is 352 g/mol. The number of halogens is 1. The SMILES string of the molecule is Cc1ccc(C(=O)O)cc1Oc1ccc([N+](=O)[O-])cc1Br. The first-order valence-corrected chi connectivity index (χ1v) is 6.63. The fourth-order valence-corrected chi connectivity index (χ4v) is 2.10. The highest BCUT2D eigenvalue weighted by atomic mass is 79.9. The van der Waals surface area contributed by atoms with Gasteiger partial charge in [-0.1, -0.05) is 6.07 Å². The van der Waals surface area contributed by atoms with Crippen LogP contribution in [0, 0.1) is 17.0 Å². The molecule has 0 aliphatic rings. The van der Waals surface area contributed by atoms with Crippen molar-refractivity contribution >= 4 is 27.6 Å². The molecule has 7 heteroatoms. The Morgan fingerprint density at radius 1 is 1.24 bits per heavy atom. The molecule has 2 aromatic carbocycles. The van der Waals surface area contributed by atoms with Gasteiger partial charge in [0.2, 0.25) is 0 Å². The van der Waals surface area contributed by atoms with Crippen molar-refractivity contribution in [2.45, 2.75) is 6.92 Å². The molecule has 6 nitrogen and oxygen atoms in total. The van der Waals surface area contributed by atoms with Gasteiger partial charge in [0.1, 0.15) is 11.5 Å². The summed E-state index contributed by atoms with van der Waals surface area (Å²) in [7, 11) is 0. The van der Waals surface area contributed by atoms with E-state index < -0.39 is 10.9 Å². The fourth-order valence-electron chi connectivity index (χ4n) is 1.65. The quantitative estimate of drug-likeness (QED) is 0.659. The van der Waals surface area contributed by atoms with Crippen LogP contribution in [0.5, 0.6) is 11.5 Å². The van der Waals surface area contributed by atoms with E-state index in [-0.39, 0.29) is 11.3 Å². The molecule has 0 atom stereocenters. The van der Waals surface area contributed by atoms with Gasteiger partial charge in [-0.2, -0.15) is 0 Å². The van der Waals surface area contributed by atoms with Crippen LogP contribution in [0.15, 0.2) is 40.9 Å².